The van der Waals surface area contributed by atoms with Gasteiger partial charge in [-0.1, -0.05) is 6.92 Å². The van der Waals surface area contributed by atoms with Crippen LogP contribution in [0.1, 0.15) is 26.2 Å². The molecule has 0 bridgehead atoms. The van der Waals surface area contributed by atoms with Crippen LogP contribution < -0.4 is 5.32 Å². The largest absolute Gasteiger partial charge is 0.328 e. The van der Waals surface area contributed by atoms with Crippen LogP contribution in [0.4, 0.5) is 0 Å². The van der Waals surface area contributed by atoms with Gasteiger partial charge in [-0.25, -0.2) is 0 Å². The normalized spacial score (nSPS) is 40.1. The predicted molar refractivity (Wildman–Crippen MR) is 49.0 cm³/mol. The Labute approximate surface area is 78.5 Å². The molecule has 2 atom stereocenters. The van der Waals surface area contributed by atoms with Crippen LogP contribution in [0.3, 0.4) is 0 Å². The Morgan fingerprint density at radius 2 is 2.31 bits per heavy atom. The van der Waals surface area contributed by atoms with Crippen LogP contribution >= 0.6 is 0 Å². The van der Waals surface area contributed by atoms with Gasteiger partial charge in [-0.15, -0.1) is 0 Å². The Hall–Kier alpha value is -0.570. The molecule has 1 heterocycles. The number of nitrogens with one attached hydrogen (secondary N) is 1. The minimum absolute atomic E-state index is 0.0852. The SMILES string of the molecule is CC1CC1CN1CNC2(CC2)C1=O. The van der Waals surface area contributed by atoms with Gasteiger partial charge in [0.05, 0.1) is 12.2 Å². The Kier molecular flexibility index (Phi) is 1.36. The molecular weight excluding hydrogens is 164 g/mol. The molecule has 0 aromatic carbocycles. The average molecular weight is 180 g/mol. The summed E-state index contributed by atoms with van der Waals surface area (Å²) in [5.41, 5.74) is -0.0852. The number of hydrogen-bond acceptors (Lipinski definition) is 2. The van der Waals surface area contributed by atoms with Crippen LogP contribution in [0.25, 0.3) is 0 Å². The number of carbonyl (C=O) groups excluding carboxylic acids is 1. The average Bonchev–Trinajstić information content (AvgIpc) is 2.95. The summed E-state index contributed by atoms with van der Waals surface area (Å²) in [6.07, 6.45) is 3.43. The van der Waals surface area contributed by atoms with E-state index < -0.39 is 0 Å². The summed E-state index contributed by atoms with van der Waals surface area (Å²) in [7, 11) is 0. The van der Waals surface area contributed by atoms with Gasteiger partial charge in [0.25, 0.3) is 0 Å². The van der Waals surface area contributed by atoms with Crippen LogP contribution in [0.15, 0.2) is 0 Å². The number of nitrogens with zero attached hydrogens (tertiary/aromatic N) is 1. The van der Waals surface area contributed by atoms with Gasteiger partial charge in [0, 0.05) is 6.54 Å². The number of rotatable bonds is 2. The highest BCUT2D eigenvalue weighted by molar-refractivity contribution is 5.91. The highest BCUT2D eigenvalue weighted by Gasteiger charge is 2.56. The molecule has 3 nitrogen and oxygen atoms in total. The van der Waals surface area contributed by atoms with E-state index >= 15 is 0 Å². The van der Waals surface area contributed by atoms with Gasteiger partial charge in [0.2, 0.25) is 5.91 Å². The molecule has 72 valence electrons. The second kappa shape index (κ2) is 2.27. The van der Waals surface area contributed by atoms with Gasteiger partial charge in [-0.2, -0.15) is 0 Å². The summed E-state index contributed by atoms with van der Waals surface area (Å²) in [6, 6.07) is 0. The minimum Gasteiger partial charge on any atom is -0.328 e. The molecular formula is C10H16N2O. The third-order valence-corrected chi connectivity index (χ3v) is 3.79. The van der Waals surface area contributed by atoms with Gasteiger partial charge in [0.1, 0.15) is 0 Å². The third-order valence-electron chi connectivity index (χ3n) is 3.79. The van der Waals surface area contributed by atoms with Crippen molar-refractivity contribution in [3.8, 4) is 0 Å². The molecule has 3 fully saturated rings. The fraction of sp³-hybridized carbons (Fsp3) is 0.900. The molecule has 3 aliphatic rings. The summed E-state index contributed by atoms with van der Waals surface area (Å²) in [5.74, 6) is 2.01. The first-order valence-electron chi connectivity index (χ1n) is 5.26. The van der Waals surface area contributed by atoms with Crippen molar-refractivity contribution in [2.45, 2.75) is 31.7 Å². The topological polar surface area (TPSA) is 32.3 Å². The maximum absolute atomic E-state index is 11.8. The summed E-state index contributed by atoms with van der Waals surface area (Å²) >= 11 is 0. The zero-order valence-electron chi connectivity index (χ0n) is 8.05. The molecule has 2 aliphatic carbocycles. The van der Waals surface area contributed by atoms with Crippen LogP contribution in [0.5, 0.6) is 0 Å². The van der Waals surface area contributed by atoms with Crippen molar-refractivity contribution >= 4 is 5.91 Å². The van der Waals surface area contributed by atoms with E-state index in [2.05, 4.69) is 12.2 Å². The van der Waals surface area contributed by atoms with Crippen molar-refractivity contribution in [2.24, 2.45) is 11.8 Å². The van der Waals surface area contributed by atoms with E-state index in [1.54, 1.807) is 0 Å². The summed E-state index contributed by atoms with van der Waals surface area (Å²) in [5, 5.41) is 3.33. The Bertz CT molecular complexity index is 260. The van der Waals surface area contributed by atoms with E-state index in [1.165, 1.54) is 6.42 Å². The van der Waals surface area contributed by atoms with E-state index in [0.29, 0.717) is 5.91 Å². The van der Waals surface area contributed by atoms with Crippen molar-refractivity contribution in [3.05, 3.63) is 0 Å². The van der Waals surface area contributed by atoms with E-state index in [-0.39, 0.29) is 5.54 Å². The first-order chi connectivity index (χ1) is 6.21. The molecule has 1 aliphatic heterocycles. The second-order valence-corrected chi connectivity index (χ2v) is 4.92. The number of hydrogen-bond donors (Lipinski definition) is 1. The summed E-state index contributed by atoms with van der Waals surface area (Å²) in [6.45, 7) is 4.06. The van der Waals surface area contributed by atoms with E-state index in [9.17, 15) is 4.79 Å². The van der Waals surface area contributed by atoms with E-state index in [1.807, 2.05) is 4.90 Å². The summed E-state index contributed by atoms with van der Waals surface area (Å²) in [4.78, 5) is 13.8. The lowest BCUT2D eigenvalue weighted by Gasteiger charge is -2.14. The molecule has 13 heavy (non-hydrogen) atoms. The van der Waals surface area contributed by atoms with Gasteiger partial charge in [0.15, 0.2) is 0 Å². The lowest BCUT2D eigenvalue weighted by Crippen LogP contribution is -2.33. The molecule has 2 saturated carbocycles. The zero-order valence-corrected chi connectivity index (χ0v) is 8.05. The van der Waals surface area contributed by atoms with E-state index in [0.717, 1.165) is 37.9 Å². The molecule has 2 unspecified atom stereocenters. The lowest BCUT2D eigenvalue weighted by atomic mass is 10.2. The maximum atomic E-state index is 11.8. The fourth-order valence-corrected chi connectivity index (χ4v) is 2.30. The van der Waals surface area contributed by atoms with Gasteiger partial charge < -0.3 is 4.90 Å². The molecule has 1 spiro atoms. The first-order valence-corrected chi connectivity index (χ1v) is 5.26. The smallest absolute Gasteiger partial charge is 0.243 e. The predicted octanol–water partition coefficient (Wildman–Crippen LogP) is 0.564. The van der Waals surface area contributed by atoms with Crippen molar-refractivity contribution in [2.75, 3.05) is 13.2 Å². The highest BCUT2D eigenvalue weighted by atomic mass is 16.2. The van der Waals surface area contributed by atoms with Crippen LogP contribution in [0.2, 0.25) is 0 Å². The number of amides is 1. The van der Waals surface area contributed by atoms with Crippen LogP contribution in [-0.2, 0) is 4.79 Å². The van der Waals surface area contributed by atoms with E-state index in [4.69, 9.17) is 0 Å². The Morgan fingerprint density at radius 3 is 2.77 bits per heavy atom. The van der Waals surface area contributed by atoms with Crippen molar-refractivity contribution < 1.29 is 4.79 Å². The minimum atomic E-state index is -0.0852. The quantitative estimate of drug-likeness (QED) is 0.673. The molecule has 0 aromatic heterocycles. The molecule has 3 heteroatoms. The molecule has 1 saturated heterocycles. The van der Waals surface area contributed by atoms with Crippen LogP contribution in [-0.4, -0.2) is 29.6 Å². The molecule has 3 rings (SSSR count). The van der Waals surface area contributed by atoms with Gasteiger partial charge >= 0.3 is 0 Å². The Balaban J connectivity index is 1.63. The molecule has 1 amide bonds. The standard InChI is InChI=1S/C10H16N2O/c1-7-4-8(7)5-12-6-11-10(2-3-10)9(12)13/h7-8,11H,2-6H2,1H3. The highest BCUT2D eigenvalue weighted by Crippen LogP contribution is 2.43. The van der Waals surface area contributed by atoms with Crippen molar-refractivity contribution in [1.29, 1.82) is 0 Å². The maximum Gasteiger partial charge on any atom is 0.243 e. The fourth-order valence-electron chi connectivity index (χ4n) is 2.30. The number of carbonyl (C=O) groups is 1. The third kappa shape index (κ3) is 1.10. The lowest BCUT2D eigenvalue weighted by molar-refractivity contribution is -0.129. The molecule has 0 aromatic rings. The van der Waals surface area contributed by atoms with Crippen LogP contribution in [0, 0.1) is 11.8 Å². The second-order valence-electron chi connectivity index (χ2n) is 4.92. The van der Waals surface area contributed by atoms with Gasteiger partial charge in [-0.3, -0.25) is 10.1 Å². The zero-order chi connectivity index (χ0) is 9.05. The monoisotopic (exact) mass is 180 g/mol. The first kappa shape index (κ1) is 7.80. The van der Waals surface area contributed by atoms with Gasteiger partial charge in [-0.05, 0) is 31.1 Å². The van der Waals surface area contributed by atoms with Crippen molar-refractivity contribution in [3.63, 3.8) is 0 Å². The molecule has 1 N–H and O–H groups in total. The Morgan fingerprint density at radius 1 is 1.62 bits per heavy atom. The summed E-state index contributed by atoms with van der Waals surface area (Å²) < 4.78 is 0. The molecule has 0 radical (unpaired) electrons. The van der Waals surface area contributed by atoms with Crippen molar-refractivity contribution in [1.82, 2.24) is 10.2 Å².